The number of aryl methyl sites for hydroxylation is 1. The zero-order valence-electron chi connectivity index (χ0n) is 21.6. The van der Waals surface area contributed by atoms with Gasteiger partial charge in [0.05, 0.1) is 6.54 Å². The van der Waals surface area contributed by atoms with E-state index in [2.05, 4.69) is 35.9 Å². The predicted molar refractivity (Wildman–Crippen MR) is 142 cm³/mol. The molecule has 0 atom stereocenters. The first-order valence-electron chi connectivity index (χ1n) is 12.7. The standard InChI is InChI=1S/C30H39N3O2/c1-5-6-10-19-32(30(35)27-17-15-25(4)16-18-27)23-29(34)33(24(2)3)22-28-14-11-20-31(28)21-26-12-8-7-9-13-26/h7-9,11-18,20,24H,5-6,10,19,21-23H2,1-4H3. The first-order chi connectivity index (χ1) is 16.9. The Hall–Kier alpha value is -3.34. The third kappa shape index (κ3) is 7.57. The Balaban J connectivity index is 1.74. The van der Waals surface area contributed by atoms with E-state index in [0.717, 1.165) is 37.1 Å². The highest BCUT2D eigenvalue weighted by Gasteiger charge is 2.24. The number of nitrogens with zero attached hydrogens (tertiary/aromatic N) is 3. The second kappa shape index (κ2) is 12.9. The number of rotatable bonds is 12. The monoisotopic (exact) mass is 473 g/mol. The van der Waals surface area contributed by atoms with Gasteiger partial charge in [0.1, 0.15) is 6.54 Å². The number of aromatic nitrogens is 1. The second-order valence-electron chi connectivity index (χ2n) is 9.53. The summed E-state index contributed by atoms with van der Waals surface area (Å²) in [4.78, 5) is 30.4. The van der Waals surface area contributed by atoms with Gasteiger partial charge < -0.3 is 14.4 Å². The predicted octanol–water partition coefficient (Wildman–Crippen LogP) is 5.91. The summed E-state index contributed by atoms with van der Waals surface area (Å²) in [5, 5.41) is 0. The van der Waals surface area contributed by atoms with Crippen LogP contribution in [0.15, 0.2) is 72.9 Å². The SMILES string of the molecule is CCCCCN(CC(=O)N(Cc1cccn1Cc1ccccc1)C(C)C)C(=O)c1ccc(C)cc1. The Morgan fingerprint density at radius 2 is 1.63 bits per heavy atom. The van der Waals surface area contributed by atoms with Gasteiger partial charge in [0.15, 0.2) is 0 Å². The highest BCUT2D eigenvalue weighted by molar-refractivity contribution is 5.96. The molecule has 35 heavy (non-hydrogen) atoms. The van der Waals surface area contributed by atoms with Crippen molar-refractivity contribution in [2.75, 3.05) is 13.1 Å². The zero-order chi connectivity index (χ0) is 25.2. The lowest BCUT2D eigenvalue weighted by Crippen LogP contribution is -2.45. The molecule has 0 saturated heterocycles. The van der Waals surface area contributed by atoms with Crippen molar-refractivity contribution >= 4 is 11.8 Å². The molecule has 0 aliphatic rings. The Kier molecular flexibility index (Phi) is 9.71. The van der Waals surface area contributed by atoms with Crippen LogP contribution in [-0.2, 0) is 17.9 Å². The van der Waals surface area contributed by atoms with Crippen LogP contribution in [0, 0.1) is 6.92 Å². The number of hydrogen-bond donors (Lipinski definition) is 0. The van der Waals surface area contributed by atoms with E-state index < -0.39 is 0 Å². The van der Waals surface area contributed by atoms with E-state index >= 15 is 0 Å². The highest BCUT2D eigenvalue weighted by Crippen LogP contribution is 2.15. The molecule has 0 aliphatic heterocycles. The van der Waals surface area contributed by atoms with Crippen molar-refractivity contribution in [2.45, 2.75) is 66.1 Å². The van der Waals surface area contributed by atoms with Gasteiger partial charge in [0.25, 0.3) is 5.91 Å². The molecule has 1 heterocycles. The van der Waals surface area contributed by atoms with Gasteiger partial charge in [-0.15, -0.1) is 0 Å². The second-order valence-corrected chi connectivity index (χ2v) is 9.53. The van der Waals surface area contributed by atoms with Crippen LogP contribution >= 0.6 is 0 Å². The van der Waals surface area contributed by atoms with Crippen molar-refractivity contribution in [1.29, 1.82) is 0 Å². The smallest absolute Gasteiger partial charge is 0.254 e. The van der Waals surface area contributed by atoms with Gasteiger partial charge in [-0.1, -0.05) is 67.8 Å². The Labute approximate surface area is 210 Å². The molecule has 0 N–H and O–H groups in total. The summed E-state index contributed by atoms with van der Waals surface area (Å²) >= 11 is 0. The lowest BCUT2D eigenvalue weighted by atomic mass is 10.1. The summed E-state index contributed by atoms with van der Waals surface area (Å²) in [5.74, 6) is -0.102. The van der Waals surface area contributed by atoms with Gasteiger partial charge in [-0.3, -0.25) is 9.59 Å². The third-order valence-corrected chi connectivity index (χ3v) is 6.34. The maximum absolute atomic E-state index is 13.5. The molecule has 0 aliphatic carbocycles. The van der Waals surface area contributed by atoms with E-state index in [4.69, 9.17) is 0 Å². The molecule has 3 aromatic rings. The van der Waals surface area contributed by atoms with Crippen LogP contribution in [-0.4, -0.2) is 45.3 Å². The fraction of sp³-hybridized carbons (Fsp3) is 0.400. The van der Waals surface area contributed by atoms with E-state index in [1.54, 1.807) is 4.90 Å². The van der Waals surface area contributed by atoms with Crippen molar-refractivity contribution in [2.24, 2.45) is 0 Å². The van der Waals surface area contributed by atoms with E-state index in [-0.39, 0.29) is 24.4 Å². The minimum atomic E-state index is -0.0781. The minimum absolute atomic E-state index is 0.0227. The number of benzene rings is 2. The van der Waals surface area contributed by atoms with Crippen molar-refractivity contribution in [3.63, 3.8) is 0 Å². The van der Waals surface area contributed by atoms with Gasteiger partial charge in [-0.2, -0.15) is 0 Å². The van der Waals surface area contributed by atoms with Crippen LogP contribution in [0.25, 0.3) is 0 Å². The number of carbonyl (C=O) groups excluding carboxylic acids is 2. The molecule has 5 nitrogen and oxygen atoms in total. The van der Waals surface area contributed by atoms with Crippen LogP contribution in [0.1, 0.15) is 67.2 Å². The maximum atomic E-state index is 13.5. The number of carbonyl (C=O) groups is 2. The van der Waals surface area contributed by atoms with Gasteiger partial charge >= 0.3 is 0 Å². The molecule has 0 radical (unpaired) electrons. The largest absolute Gasteiger partial charge is 0.345 e. The van der Waals surface area contributed by atoms with Gasteiger partial charge in [0.2, 0.25) is 5.91 Å². The molecule has 2 aromatic carbocycles. The summed E-state index contributed by atoms with van der Waals surface area (Å²) in [5.41, 5.74) is 4.05. The van der Waals surface area contributed by atoms with Crippen LogP contribution in [0.5, 0.6) is 0 Å². The lowest BCUT2D eigenvalue weighted by Gasteiger charge is -2.31. The fourth-order valence-corrected chi connectivity index (χ4v) is 4.20. The molecule has 186 valence electrons. The number of hydrogen-bond acceptors (Lipinski definition) is 2. The highest BCUT2D eigenvalue weighted by atomic mass is 16.2. The van der Waals surface area contributed by atoms with E-state index in [1.807, 2.05) is 74.2 Å². The maximum Gasteiger partial charge on any atom is 0.254 e. The Morgan fingerprint density at radius 3 is 2.29 bits per heavy atom. The van der Waals surface area contributed by atoms with Crippen molar-refractivity contribution < 1.29 is 9.59 Å². The molecule has 0 bridgehead atoms. The average molecular weight is 474 g/mol. The summed E-state index contributed by atoms with van der Waals surface area (Å²) in [7, 11) is 0. The number of unbranched alkanes of at least 4 members (excludes halogenated alkanes) is 2. The molecule has 5 heteroatoms. The van der Waals surface area contributed by atoms with Crippen LogP contribution < -0.4 is 0 Å². The van der Waals surface area contributed by atoms with Gasteiger partial charge in [-0.05, 0) is 57.0 Å². The van der Waals surface area contributed by atoms with Crippen molar-refractivity contribution in [1.82, 2.24) is 14.4 Å². The topological polar surface area (TPSA) is 45.6 Å². The Morgan fingerprint density at radius 1 is 0.914 bits per heavy atom. The third-order valence-electron chi connectivity index (χ3n) is 6.34. The fourth-order valence-electron chi connectivity index (χ4n) is 4.20. The molecule has 0 unspecified atom stereocenters. The molecule has 2 amide bonds. The molecule has 3 rings (SSSR count). The first-order valence-corrected chi connectivity index (χ1v) is 12.7. The normalized spacial score (nSPS) is 11.0. The van der Waals surface area contributed by atoms with E-state index in [9.17, 15) is 9.59 Å². The molecular formula is C30H39N3O2. The van der Waals surface area contributed by atoms with Gasteiger partial charge in [0, 0.05) is 36.6 Å². The summed E-state index contributed by atoms with van der Waals surface area (Å²) in [6, 6.07) is 22.0. The lowest BCUT2D eigenvalue weighted by molar-refractivity contribution is -0.134. The van der Waals surface area contributed by atoms with Crippen LogP contribution in [0.4, 0.5) is 0 Å². The molecular weight excluding hydrogens is 434 g/mol. The minimum Gasteiger partial charge on any atom is -0.345 e. The average Bonchev–Trinajstić information content (AvgIpc) is 3.29. The van der Waals surface area contributed by atoms with Crippen molar-refractivity contribution in [3.8, 4) is 0 Å². The summed E-state index contributed by atoms with van der Waals surface area (Å²) < 4.78 is 2.19. The number of amides is 2. The molecule has 1 aromatic heterocycles. The Bertz CT molecular complexity index is 1070. The van der Waals surface area contributed by atoms with Crippen LogP contribution in [0.2, 0.25) is 0 Å². The van der Waals surface area contributed by atoms with Gasteiger partial charge in [-0.25, -0.2) is 0 Å². The molecule has 0 saturated carbocycles. The summed E-state index contributed by atoms with van der Waals surface area (Å²) in [6.07, 6.45) is 5.05. The quantitative estimate of drug-likeness (QED) is 0.307. The van der Waals surface area contributed by atoms with Crippen molar-refractivity contribution in [3.05, 3.63) is 95.3 Å². The van der Waals surface area contributed by atoms with E-state index in [1.165, 1.54) is 5.56 Å². The first kappa shape index (κ1) is 26.3. The zero-order valence-corrected chi connectivity index (χ0v) is 21.6. The molecule has 0 fully saturated rings. The summed E-state index contributed by atoms with van der Waals surface area (Å²) in [6.45, 7) is 10.2. The van der Waals surface area contributed by atoms with Crippen LogP contribution in [0.3, 0.4) is 0 Å². The van der Waals surface area contributed by atoms with E-state index in [0.29, 0.717) is 18.7 Å². The molecule has 0 spiro atoms.